The molecule has 0 bridgehead atoms. The number of nitrogens with zero attached hydrogens (tertiary/aromatic N) is 1. The number of carbonyl (C=O) groups is 2. The van der Waals surface area contributed by atoms with Crippen LogP contribution in [-0.4, -0.2) is 44.3 Å². The van der Waals surface area contributed by atoms with Crippen LogP contribution in [0.5, 0.6) is 0 Å². The van der Waals surface area contributed by atoms with Crippen LogP contribution in [0.2, 0.25) is 0 Å². The Morgan fingerprint density at radius 3 is 2.30 bits per heavy atom. The fraction of sp³-hybridized carbons (Fsp3) is 0.440. The van der Waals surface area contributed by atoms with Gasteiger partial charge < -0.3 is 10.2 Å². The highest BCUT2D eigenvalue weighted by atomic mass is 32.2. The lowest BCUT2D eigenvalue weighted by molar-refractivity contribution is -0.124. The number of benzene rings is 2. The molecule has 1 atom stereocenters. The number of aryl methyl sites for hydroxylation is 3. The van der Waals surface area contributed by atoms with E-state index in [2.05, 4.69) is 17.0 Å². The van der Waals surface area contributed by atoms with Crippen molar-refractivity contribution in [2.45, 2.75) is 64.3 Å². The number of anilines is 1. The van der Waals surface area contributed by atoms with E-state index in [1.807, 2.05) is 19.1 Å². The summed E-state index contributed by atoms with van der Waals surface area (Å²) in [4.78, 5) is 27.4. The van der Waals surface area contributed by atoms with E-state index in [4.69, 9.17) is 0 Å². The molecule has 1 aliphatic heterocycles. The number of rotatable bonds is 8. The Balaban J connectivity index is 1.72. The highest BCUT2D eigenvalue weighted by Crippen LogP contribution is 2.25. The van der Waals surface area contributed by atoms with Crippen molar-refractivity contribution in [3.8, 4) is 0 Å². The molecule has 0 unspecified atom stereocenters. The molecule has 2 N–H and O–H groups in total. The summed E-state index contributed by atoms with van der Waals surface area (Å²) in [6, 6.07) is 9.58. The van der Waals surface area contributed by atoms with E-state index in [-0.39, 0.29) is 16.7 Å². The van der Waals surface area contributed by atoms with Gasteiger partial charge >= 0.3 is 0 Å². The van der Waals surface area contributed by atoms with Crippen molar-refractivity contribution >= 4 is 27.5 Å². The maximum Gasteiger partial charge on any atom is 0.262 e. The zero-order valence-electron chi connectivity index (χ0n) is 19.8. The fourth-order valence-electron chi connectivity index (χ4n) is 4.43. The summed E-state index contributed by atoms with van der Waals surface area (Å²) in [6.45, 7) is 8.69. The number of amides is 2. The number of carbonyl (C=O) groups excluding carboxylic acids is 2. The molecule has 178 valence electrons. The minimum absolute atomic E-state index is 0.109. The molecule has 1 saturated heterocycles. The fourth-order valence-corrected chi connectivity index (χ4v) is 5.95. The van der Waals surface area contributed by atoms with Crippen LogP contribution in [0.1, 0.15) is 59.7 Å². The summed E-state index contributed by atoms with van der Waals surface area (Å²) in [5, 5.41) is 2.92. The standard InChI is InChI=1S/C25H33N3O4S/c1-5-6-13-26-24(29)22-8-7-14-28(22)25(30)20-9-11-21(12-10-20)27-33(31,32)23-18(3)15-17(2)16-19(23)4/h9-12,15-16,22,27H,5-8,13-14H2,1-4H3,(H,26,29)/t22-/m0/s1. The predicted molar refractivity (Wildman–Crippen MR) is 130 cm³/mol. The van der Waals surface area contributed by atoms with Crippen LogP contribution in [0.3, 0.4) is 0 Å². The molecule has 8 heteroatoms. The van der Waals surface area contributed by atoms with E-state index >= 15 is 0 Å². The third-order valence-corrected chi connectivity index (χ3v) is 7.59. The maximum atomic E-state index is 13.0. The predicted octanol–water partition coefficient (Wildman–Crippen LogP) is 3.93. The molecule has 2 amide bonds. The van der Waals surface area contributed by atoms with Crippen molar-refractivity contribution < 1.29 is 18.0 Å². The van der Waals surface area contributed by atoms with Crippen LogP contribution in [0.4, 0.5) is 5.69 Å². The summed E-state index contributed by atoms with van der Waals surface area (Å²) in [6.07, 6.45) is 3.33. The lowest BCUT2D eigenvalue weighted by Gasteiger charge is -2.24. The Labute approximate surface area is 196 Å². The number of nitrogens with one attached hydrogen (secondary N) is 2. The smallest absolute Gasteiger partial charge is 0.262 e. The molecule has 1 aliphatic rings. The van der Waals surface area contributed by atoms with Crippen molar-refractivity contribution in [2.75, 3.05) is 17.8 Å². The van der Waals surface area contributed by atoms with Gasteiger partial charge in [0, 0.05) is 24.3 Å². The van der Waals surface area contributed by atoms with Gasteiger partial charge in [0.1, 0.15) is 6.04 Å². The summed E-state index contributed by atoms with van der Waals surface area (Å²) in [5.74, 6) is -0.328. The van der Waals surface area contributed by atoms with Crippen molar-refractivity contribution in [3.63, 3.8) is 0 Å². The van der Waals surface area contributed by atoms with Crippen LogP contribution in [0.25, 0.3) is 0 Å². The van der Waals surface area contributed by atoms with Crippen LogP contribution < -0.4 is 10.0 Å². The Bertz CT molecular complexity index is 1100. The second kappa shape index (κ2) is 10.4. The van der Waals surface area contributed by atoms with Gasteiger partial charge in [0.15, 0.2) is 0 Å². The Morgan fingerprint density at radius 1 is 1.06 bits per heavy atom. The highest BCUT2D eigenvalue weighted by Gasteiger charge is 2.34. The third-order valence-electron chi connectivity index (χ3n) is 5.90. The molecule has 2 aromatic carbocycles. The van der Waals surface area contributed by atoms with Crippen LogP contribution >= 0.6 is 0 Å². The van der Waals surface area contributed by atoms with E-state index in [1.54, 1.807) is 43.0 Å². The van der Waals surface area contributed by atoms with Crippen molar-refractivity contribution in [2.24, 2.45) is 0 Å². The van der Waals surface area contributed by atoms with Crippen LogP contribution in [0, 0.1) is 20.8 Å². The van der Waals surface area contributed by atoms with Gasteiger partial charge in [-0.05, 0) is 75.4 Å². The minimum Gasteiger partial charge on any atom is -0.354 e. The number of unbranched alkanes of at least 4 members (excludes halogenated alkanes) is 1. The zero-order valence-corrected chi connectivity index (χ0v) is 20.6. The molecule has 0 aliphatic carbocycles. The van der Waals surface area contributed by atoms with Gasteiger partial charge in [0.2, 0.25) is 5.91 Å². The van der Waals surface area contributed by atoms with Gasteiger partial charge in [-0.25, -0.2) is 8.42 Å². The average molecular weight is 472 g/mol. The molecule has 0 spiro atoms. The second-order valence-corrected chi connectivity index (χ2v) is 10.3. The number of sulfonamides is 1. The molecule has 3 rings (SSSR count). The topological polar surface area (TPSA) is 95.6 Å². The largest absolute Gasteiger partial charge is 0.354 e. The first-order chi connectivity index (χ1) is 15.6. The molecule has 7 nitrogen and oxygen atoms in total. The Morgan fingerprint density at radius 2 is 1.70 bits per heavy atom. The van der Waals surface area contributed by atoms with Crippen molar-refractivity contribution in [1.29, 1.82) is 0 Å². The number of hydrogen-bond donors (Lipinski definition) is 2. The average Bonchev–Trinajstić information content (AvgIpc) is 3.22. The summed E-state index contributed by atoms with van der Waals surface area (Å²) < 4.78 is 28.6. The zero-order chi connectivity index (χ0) is 24.2. The van der Waals surface area contributed by atoms with Gasteiger partial charge in [0.25, 0.3) is 15.9 Å². The van der Waals surface area contributed by atoms with Gasteiger partial charge in [-0.2, -0.15) is 0 Å². The van der Waals surface area contributed by atoms with Gasteiger partial charge in [-0.15, -0.1) is 0 Å². The van der Waals surface area contributed by atoms with E-state index in [0.29, 0.717) is 41.9 Å². The first kappa shape index (κ1) is 24.8. The third kappa shape index (κ3) is 5.74. The molecule has 0 saturated carbocycles. The Hall–Kier alpha value is -2.87. The van der Waals surface area contributed by atoms with Crippen LogP contribution in [-0.2, 0) is 14.8 Å². The normalized spacial score (nSPS) is 16.0. The van der Waals surface area contributed by atoms with Gasteiger partial charge in [-0.1, -0.05) is 31.0 Å². The van der Waals surface area contributed by atoms with Crippen molar-refractivity contribution in [3.05, 3.63) is 58.7 Å². The summed E-state index contributed by atoms with van der Waals surface area (Å²) in [7, 11) is -3.77. The molecule has 2 aromatic rings. The summed E-state index contributed by atoms with van der Waals surface area (Å²) in [5.41, 5.74) is 3.18. The second-order valence-electron chi connectivity index (χ2n) is 8.71. The van der Waals surface area contributed by atoms with E-state index < -0.39 is 16.1 Å². The summed E-state index contributed by atoms with van der Waals surface area (Å²) >= 11 is 0. The lowest BCUT2D eigenvalue weighted by Crippen LogP contribution is -2.46. The Kier molecular flexibility index (Phi) is 7.79. The monoisotopic (exact) mass is 471 g/mol. The SMILES string of the molecule is CCCCNC(=O)[C@@H]1CCCN1C(=O)c1ccc(NS(=O)(=O)c2c(C)cc(C)cc2C)cc1. The maximum absolute atomic E-state index is 13.0. The molecule has 1 fully saturated rings. The molecule has 0 aromatic heterocycles. The molecule has 33 heavy (non-hydrogen) atoms. The van der Waals surface area contributed by atoms with Crippen molar-refractivity contribution in [1.82, 2.24) is 10.2 Å². The number of hydrogen-bond acceptors (Lipinski definition) is 4. The van der Waals surface area contributed by atoms with E-state index in [1.165, 1.54) is 0 Å². The van der Waals surface area contributed by atoms with Crippen LogP contribution in [0.15, 0.2) is 41.3 Å². The molecular formula is C25H33N3O4S. The first-order valence-corrected chi connectivity index (χ1v) is 12.9. The minimum atomic E-state index is -3.77. The lowest BCUT2D eigenvalue weighted by atomic mass is 10.1. The first-order valence-electron chi connectivity index (χ1n) is 11.4. The molecular weight excluding hydrogens is 438 g/mol. The quantitative estimate of drug-likeness (QED) is 0.570. The van der Waals surface area contributed by atoms with E-state index in [0.717, 1.165) is 24.8 Å². The molecule has 1 heterocycles. The van der Waals surface area contributed by atoms with E-state index in [9.17, 15) is 18.0 Å². The number of likely N-dealkylation sites (tertiary alicyclic amines) is 1. The van der Waals surface area contributed by atoms with Gasteiger partial charge in [-0.3, -0.25) is 14.3 Å². The van der Waals surface area contributed by atoms with Gasteiger partial charge in [0.05, 0.1) is 4.90 Å². The highest BCUT2D eigenvalue weighted by molar-refractivity contribution is 7.92. The molecule has 0 radical (unpaired) electrons.